The van der Waals surface area contributed by atoms with Crippen molar-refractivity contribution >= 4 is 18.0 Å². The molecule has 0 aromatic carbocycles. The quantitative estimate of drug-likeness (QED) is 0.696. The molecule has 6 nitrogen and oxygen atoms in total. The average Bonchev–Trinajstić information content (AvgIpc) is 2.50. The first-order valence-corrected chi connectivity index (χ1v) is 7.11. The number of carbonyl (C=O) groups is 3. The molecule has 0 saturated carbocycles. The third kappa shape index (κ3) is 4.72. The number of rotatable bonds is 1. The van der Waals surface area contributed by atoms with Crippen molar-refractivity contribution in [1.82, 2.24) is 4.90 Å². The number of imide groups is 1. The summed E-state index contributed by atoms with van der Waals surface area (Å²) in [5.41, 5.74) is -1.41. The lowest BCUT2D eigenvalue weighted by Crippen LogP contribution is -2.47. The number of hydrogen-bond acceptors (Lipinski definition) is 5. The molecule has 1 aliphatic rings. The molecule has 1 aliphatic heterocycles. The molecule has 0 N–H and O–H groups in total. The minimum Gasteiger partial charge on any atom is -0.458 e. The molecule has 21 heavy (non-hydrogen) atoms. The zero-order valence-corrected chi connectivity index (χ0v) is 13.9. The van der Waals surface area contributed by atoms with Gasteiger partial charge in [-0.3, -0.25) is 4.79 Å². The van der Waals surface area contributed by atoms with E-state index in [1.807, 2.05) is 0 Å². The van der Waals surface area contributed by atoms with Gasteiger partial charge in [0.15, 0.2) is 0 Å². The Labute approximate surface area is 125 Å². The lowest BCUT2D eigenvalue weighted by Gasteiger charge is -2.28. The lowest BCUT2D eigenvalue weighted by atomic mass is 10.1. The van der Waals surface area contributed by atoms with E-state index in [1.54, 1.807) is 48.5 Å². The highest BCUT2D eigenvalue weighted by atomic mass is 16.6. The maximum absolute atomic E-state index is 12.2. The highest BCUT2D eigenvalue weighted by Gasteiger charge is 2.47. The van der Waals surface area contributed by atoms with Gasteiger partial charge in [0.2, 0.25) is 5.91 Å². The minimum atomic E-state index is -0.915. The predicted octanol–water partition coefficient (Wildman–Crippen LogP) is 2.50. The van der Waals surface area contributed by atoms with Crippen LogP contribution in [0.3, 0.4) is 0 Å². The van der Waals surface area contributed by atoms with Crippen molar-refractivity contribution in [3.63, 3.8) is 0 Å². The Morgan fingerprint density at radius 2 is 1.52 bits per heavy atom. The van der Waals surface area contributed by atoms with E-state index in [4.69, 9.17) is 9.47 Å². The zero-order valence-electron chi connectivity index (χ0n) is 13.9. The van der Waals surface area contributed by atoms with Crippen molar-refractivity contribution in [3.8, 4) is 0 Å². The standard InChI is InChI=1S/C15H25NO5/c1-9-8-10(12(18)20-14(2,3)4)16(11(9)17)13(19)21-15(5,6)7/h9-10H,8H2,1-7H3. The van der Waals surface area contributed by atoms with Gasteiger partial charge >= 0.3 is 12.1 Å². The molecule has 0 radical (unpaired) electrons. The van der Waals surface area contributed by atoms with Crippen LogP contribution in [-0.2, 0) is 19.1 Å². The van der Waals surface area contributed by atoms with E-state index in [1.165, 1.54) is 0 Å². The summed E-state index contributed by atoms with van der Waals surface area (Å²) in [5.74, 6) is -1.39. The first kappa shape index (κ1) is 17.5. The largest absolute Gasteiger partial charge is 0.458 e. The van der Waals surface area contributed by atoms with Gasteiger partial charge < -0.3 is 9.47 Å². The van der Waals surface area contributed by atoms with Crippen LogP contribution in [0.2, 0.25) is 0 Å². The topological polar surface area (TPSA) is 72.9 Å². The number of hydrogen-bond donors (Lipinski definition) is 0. The molecule has 1 heterocycles. The van der Waals surface area contributed by atoms with Crippen LogP contribution in [0.5, 0.6) is 0 Å². The fourth-order valence-corrected chi connectivity index (χ4v) is 2.03. The Morgan fingerprint density at radius 3 is 1.95 bits per heavy atom. The molecule has 2 atom stereocenters. The van der Waals surface area contributed by atoms with E-state index in [-0.39, 0.29) is 6.42 Å². The molecule has 0 spiro atoms. The summed E-state index contributed by atoms with van der Waals surface area (Å²) in [6.45, 7) is 12.0. The molecule has 0 aromatic heterocycles. The summed E-state index contributed by atoms with van der Waals surface area (Å²) < 4.78 is 10.5. The summed E-state index contributed by atoms with van der Waals surface area (Å²) in [4.78, 5) is 37.4. The molecular weight excluding hydrogens is 274 g/mol. The molecule has 2 amide bonds. The smallest absolute Gasteiger partial charge is 0.417 e. The van der Waals surface area contributed by atoms with E-state index in [0.717, 1.165) is 4.90 Å². The van der Waals surface area contributed by atoms with Crippen LogP contribution >= 0.6 is 0 Å². The first-order chi connectivity index (χ1) is 9.32. The van der Waals surface area contributed by atoms with Gasteiger partial charge in [0.25, 0.3) is 0 Å². The van der Waals surface area contributed by atoms with Gasteiger partial charge in [0, 0.05) is 5.92 Å². The van der Waals surface area contributed by atoms with Gasteiger partial charge in [-0.25, -0.2) is 14.5 Å². The molecule has 2 unspecified atom stereocenters. The molecule has 6 heteroatoms. The van der Waals surface area contributed by atoms with Gasteiger partial charge in [-0.2, -0.15) is 0 Å². The Bertz CT molecular complexity index is 444. The van der Waals surface area contributed by atoms with E-state index in [0.29, 0.717) is 0 Å². The molecule has 0 bridgehead atoms. The van der Waals surface area contributed by atoms with Crippen LogP contribution in [0.1, 0.15) is 54.9 Å². The first-order valence-electron chi connectivity index (χ1n) is 7.11. The van der Waals surface area contributed by atoms with Crippen molar-refractivity contribution in [2.75, 3.05) is 0 Å². The third-order valence-electron chi connectivity index (χ3n) is 2.82. The second kappa shape index (κ2) is 5.66. The second-order valence-electron chi connectivity index (χ2n) is 7.37. The van der Waals surface area contributed by atoms with Crippen LogP contribution in [0.15, 0.2) is 0 Å². The average molecular weight is 299 g/mol. The lowest BCUT2D eigenvalue weighted by molar-refractivity contribution is -0.161. The van der Waals surface area contributed by atoms with Crippen molar-refractivity contribution in [1.29, 1.82) is 0 Å². The van der Waals surface area contributed by atoms with E-state index in [9.17, 15) is 14.4 Å². The second-order valence-corrected chi connectivity index (χ2v) is 7.37. The number of carbonyl (C=O) groups excluding carboxylic acids is 3. The molecule has 1 fully saturated rings. The van der Waals surface area contributed by atoms with Crippen LogP contribution in [0.25, 0.3) is 0 Å². The van der Waals surface area contributed by atoms with Gasteiger partial charge in [-0.05, 0) is 48.0 Å². The van der Waals surface area contributed by atoms with Gasteiger partial charge in [0.1, 0.15) is 17.2 Å². The van der Waals surface area contributed by atoms with E-state index in [2.05, 4.69) is 0 Å². The monoisotopic (exact) mass is 299 g/mol. The summed E-state index contributed by atoms with van der Waals surface area (Å²) in [5, 5.41) is 0. The fraction of sp³-hybridized carbons (Fsp3) is 0.800. The van der Waals surface area contributed by atoms with Crippen LogP contribution < -0.4 is 0 Å². The number of likely N-dealkylation sites (tertiary alicyclic amines) is 1. The number of nitrogens with zero attached hydrogens (tertiary/aromatic N) is 1. The van der Waals surface area contributed by atoms with Crippen LogP contribution in [0, 0.1) is 5.92 Å². The van der Waals surface area contributed by atoms with Crippen molar-refractivity contribution in [2.24, 2.45) is 5.92 Å². The summed E-state index contributed by atoms with van der Waals surface area (Å²) in [7, 11) is 0. The molecular formula is C15H25NO5. The maximum Gasteiger partial charge on any atom is 0.417 e. The van der Waals surface area contributed by atoms with Crippen molar-refractivity contribution < 1.29 is 23.9 Å². The fourth-order valence-electron chi connectivity index (χ4n) is 2.03. The Balaban J connectivity index is 2.94. The van der Waals surface area contributed by atoms with Crippen LogP contribution in [-0.4, -0.2) is 40.1 Å². The van der Waals surface area contributed by atoms with Crippen molar-refractivity contribution in [3.05, 3.63) is 0 Å². The normalized spacial score (nSPS) is 23.2. The maximum atomic E-state index is 12.2. The number of ether oxygens (including phenoxy) is 2. The van der Waals surface area contributed by atoms with Crippen molar-refractivity contribution in [2.45, 2.75) is 72.1 Å². The summed E-state index contributed by atoms with van der Waals surface area (Å²) >= 11 is 0. The van der Waals surface area contributed by atoms with Gasteiger partial charge in [-0.15, -0.1) is 0 Å². The molecule has 0 aliphatic carbocycles. The highest BCUT2D eigenvalue weighted by molar-refractivity contribution is 6.00. The Kier molecular flexibility index (Phi) is 4.70. The van der Waals surface area contributed by atoms with E-state index >= 15 is 0 Å². The third-order valence-corrected chi connectivity index (χ3v) is 2.82. The zero-order chi connectivity index (χ0) is 16.6. The van der Waals surface area contributed by atoms with Gasteiger partial charge in [-0.1, -0.05) is 6.92 Å². The molecule has 1 rings (SSSR count). The Hall–Kier alpha value is -1.59. The number of amides is 2. The SMILES string of the molecule is CC1CC(C(=O)OC(C)(C)C)N(C(=O)OC(C)(C)C)C1=O. The molecule has 0 aromatic rings. The predicted molar refractivity (Wildman–Crippen MR) is 76.5 cm³/mol. The minimum absolute atomic E-state index is 0.257. The highest BCUT2D eigenvalue weighted by Crippen LogP contribution is 2.28. The molecule has 120 valence electrons. The summed E-state index contributed by atoms with van der Waals surface area (Å²) in [6, 6.07) is -0.915. The van der Waals surface area contributed by atoms with E-state index < -0.39 is 41.1 Å². The molecule has 1 saturated heterocycles. The van der Waals surface area contributed by atoms with Crippen LogP contribution in [0.4, 0.5) is 4.79 Å². The summed E-state index contributed by atoms with van der Waals surface area (Å²) in [6.07, 6.45) is -0.541. The Morgan fingerprint density at radius 1 is 1.05 bits per heavy atom. The van der Waals surface area contributed by atoms with Gasteiger partial charge in [0.05, 0.1) is 0 Å². The number of esters is 1.